The Morgan fingerprint density at radius 2 is 0.456 bits per heavy atom. The normalized spacial score (nSPS) is 14.7. The summed E-state index contributed by atoms with van der Waals surface area (Å²) in [6, 6.07) is 115. The lowest BCUT2D eigenvalue weighted by molar-refractivity contribution is -0.0474. The molecule has 0 N–H and O–H groups in total. The molecule has 0 unspecified atom stereocenters. The Labute approximate surface area is 665 Å². The number of fused-ring (bicyclic) bond motifs is 2. The lowest BCUT2D eigenvalue weighted by Gasteiger charge is -2.37. The van der Waals surface area contributed by atoms with Gasteiger partial charge in [0.1, 0.15) is 111 Å². The van der Waals surface area contributed by atoms with Crippen molar-refractivity contribution in [1.82, 2.24) is 0 Å². The molecule has 0 fully saturated rings. The first-order chi connectivity index (χ1) is 56.4. The van der Waals surface area contributed by atoms with Crippen molar-refractivity contribution >= 4 is 5.78 Å². The van der Waals surface area contributed by atoms with Crippen LogP contribution in [0, 0.1) is 0 Å². The molecule has 13 nitrogen and oxygen atoms in total. The minimum atomic E-state index is -0.918. The highest BCUT2D eigenvalue weighted by Crippen LogP contribution is 2.54. The first kappa shape index (κ1) is 74.7. The summed E-state index contributed by atoms with van der Waals surface area (Å²) in [5, 5.41) is 0. The number of hydrogen-bond acceptors (Lipinski definition) is 13. The minimum Gasteiger partial charge on any atom is -0.488 e. The van der Waals surface area contributed by atoms with Crippen LogP contribution in [0.4, 0.5) is 0 Å². The fraction of sp³-hybridized carbons (Fsp3) is 0.158. The molecule has 0 saturated heterocycles. The number of rotatable bonds is 34. The Kier molecular flexibility index (Phi) is 24.3. The van der Waals surface area contributed by atoms with Gasteiger partial charge in [-0.2, -0.15) is 0 Å². The molecular weight excluding hydrogens is 1420 g/mol. The van der Waals surface area contributed by atoms with Crippen LogP contribution < -0.4 is 47.4 Å². The second-order valence-electron chi connectivity index (χ2n) is 28.2. The highest BCUT2D eigenvalue weighted by atomic mass is 16.6. The monoisotopic (exact) mass is 1510 g/mol. The molecule has 0 aliphatic carbocycles. The lowest BCUT2D eigenvalue weighted by atomic mass is 9.87. The molecule has 114 heavy (non-hydrogen) atoms. The lowest BCUT2D eigenvalue weighted by Crippen LogP contribution is -2.35. The molecule has 13 heteroatoms. The Morgan fingerprint density at radius 1 is 0.237 bits per heavy atom. The zero-order valence-corrected chi connectivity index (χ0v) is 63.1. The van der Waals surface area contributed by atoms with Crippen LogP contribution in [0.15, 0.2) is 352 Å². The number of ketones is 1. The van der Waals surface area contributed by atoms with Gasteiger partial charge in [-0.3, -0.25) is 4.79 Å². The van der Waals surface area contributed by atoms with Crippen molar-refractivity contribution in [1.29, 1.82) is 0 Å². The number of ether oxygens (including phenoxy) is 12. The summed E-state index contributed by atoms with van der Waals surface area (Å²) in [6.07, 6.45) is -2.85. The summed E-state index contributed by atoms with van der Waals surface area (Å²) in [7, 11) is 0. The van der Waals surface area contributed by atoms with Crippen LogP contribution in [0.25, 0.3) is 0 Å². The molecule has 2 aliphatic heterocycles. The van der Waals surface area contributed by atoms with E-state index in [0.29, 0.717) is 56.8 Å². The highest BCUT2D eigenvalue weighted by molar-refractivity contribution is 6.16. The van der Waals surface area contributed by atoms with Gasteiger partial charge in [0.05, 0.1) is 13.2 Å². The van der Waals surface area contributed by atoms with Crippen molar-refractivity contribution in [2.45, 2.75) is 103 Å². The van der Waals surface area contributed by atoms with E-state index in [4.69, 9.17) is 56.8 Å². The molecule has 16 rings (SSSR count). The summed E-state index contributed by atoms with van der Waals surface area (Å²) in [6.45, 7) is 1.96. The first-order valence-corrected chi connectivity index (χ1v) is 38.6. The van der Waals surface area contributed by atoms with E-state index < -0.39 is 30.2 Å². The molecule has 568 valence electrons. The Morgan fingerprint density at radius 3 is 0.711 bits per heavy atom. The maximum atomic E-state index is 18.0. The SMILES string of the molecule is O=C(c1c(OCc2ccccc2)cc(OCc2ccccc2)c2c1O[C@H](c1ccc(OCc3ccccc3)c(OCc3ccccc3)c1)[C@@H](OCc1ccccc1)C2)c1c(OCc2ccccc2)cc(OCc2ccccc2)c2c1O[C@H](c1ccc(OCc3ccccc3)c(OCc3ccccc3)c1)[C@@H](OCc1ccccc1)C2. The van der Waals surface area contributed by atoms with Gasteiger partial charge in [0.2, 0.25) is 5.78 Å². The average molecular weight is 1510 g/mol. The van der Waals surface area contributed by atoms with E-state index in [1.807, 2.05) is 352 Å². The van der Waals surface area contributed by atoms with Crippen molar-refractivity contribution in [3.05, 3.63) is 441 Å². The van der Waals surface area contributed by atoms with Gasteiger partial charge >= 0.3 is 0 Å². The van der Waals surface area contributed by atoms with Crippen LogP contribution in [-0.4, -0.2) is 18.0 Å². The van der Waals surface area contributed by atoms with Gasteiger partial charge in [0.15, 0.2) is 35.2 Å². The minimum absolute atomic E-state index is 0.0529. The molecule has 2 aliphatic rings. The van der Waals surface area contributed by atoms with Crippen LogP contribution in [-0.2, 0) is 88.4 Å². The molecule has 14 aromatic rings. The molecular formula is C101H86O13. The van der Waals surface area contributed by atoms with E-state index in [0.717, 1.165) is 55.6 Å². The van der Waals surface area contributed by atoms with Gasteiger partial charge in [-0.05, 0) is 91.0 Å². The third kappa shape index (κ3) is 19.0. The van der Waals surface area contributed by atoms with E-state index >= 15 is 4.79 Å². The van der Waals surface area contributed by atoms with Gasteiger partial charge < -0.3 is 56.8 Å². The Balaban J connectivity index is 0.900. The first-order valence-electron chi connectivity index (χ1n) is 38.6. The van der Waals surface area contributed by atoms with E-state index in [1.54, 1.807) is 0 Å². The maximum Gasteiger partial charge on any atom is 0.208 e. The predicted molar refractivity (Wildman–Crippen MR) is 440 cm³/mol. The topological polar surface area (TPSA) is 128 Å². The Bertz CT molecular complexity index is 5080. The summed E-state index contributed by atoms with van der Waals surface area (Å²) in [4.78, 5) is 18.0. The van der Waals surface area contributed by atoms with Crippen LogP contribution >= 0.6 is 0 Å². The largest absolute Gasteiger partial charge is 0.488 e. The zero-order chi connectivity index (χ0) is 76.9. The zero-order valence-electron chi connectivity index (χ0n) is 63.1. The number of hydrogen-bond donors (Lipinski definition) is 0. The second-order valence-corrected chi connectivity index (χ2v) is 28.2. The van der Waals surface area contributed by atoms with Crippen LogP contribution in [0.1, 0.15) is 106 Å². The van der Waals surface area contributed by atoms with E-state index in [2.05, 4.69) is 0 Å². The molecule has 0 saturated carbocycles. The Hall–Kier alpha value is -13.3. The second kappa shape index (κ2) is 37.1. The van der Waals surface area contributed by atoms with Crippen molar-refractivity contribution in [2.24, 2.45) is 0 Å². The average Bonchev–Trinajstić information content (AvgIpc) is 0.731. The van der Waals surface area contributed by atoms with E-state index in [1.165, 1.54) is 0 Å². The maximum absolute atomic E-state index is 18.0. The summed E-state index contributed by atoms with van der Waals surface area (Å²) >= 11 is 0. The van der Waals surface area contributed by atoms with Crippen LogP contribution in [0.2, 0.25) is 0 Å². The van der Waals surface area contributed by atoms with E-state index in [9.17, 15) is 0 Å². The molecule has 2 heterocycles. The van der Waals surface area contributed by atoms with Gasteiger partial charge in [0, 0.05) is 36.1 Å². The standard InChI is InChI=1S/C101H86O13/c102-97(95-91(109-67-77-43-23-7-24-44-77)59-87(105-63-73-35-15-3-16-36-73)83-57-93(111-69-79-47-27-9-28-48-79)98(113-100(83)95)81-51-53-85(103-61-71-31-11-1-12-32-71)89(55-81)107-65-75-39-19-5-20-40-75)96-92(110-68-78-45-25-8-26-46-78)60-88(106-64-74-37-17-4-18-38-74)84-58-94(112-70-80-49-29-10-30-50-80)99(114-101(84)96)82-52-54-86(104-62-72-33-13-2-14-34-72)90(56-82)108-66-76-41-21-6-22-42-76/h1-56,59-60,93-94,98-99H,57-58,61-70H2/t93-,94-,98+,99+/m0/s1. The smallest absolute Gasteiger partial charge is 0.208 e. The summed E-state index contributed by atoms with van der Waals surface area (Å²) in [5.41, 5.74) is 12.1. The quantitative estimate of drug-likeness (QED) is 0.0355. The van der Waals surface area contributed by atoms with Gasteiger partial charge in [-0.1, -0.05) is 315 Å². The molecule has 4 atom stereocenters. The molecule has 0 bridgehead atoms. The van der Waals surface area contributed by atoms with Gasteiger partial charge in [-0.25, -0.2) is 0 Å². The van der Waals surface area contributed by atoms with Crippen molar-refractivity contribution in [2.75, 3.05) is 0 Å². The number of carbonyl (C=O) groups is 1. The fourth-order valence-corrected chi connectivity index (χ4v) is 14.2. The molecule has 0 aromatic heterocycles. The van der Waals surface area contributed by atoms with Crippen molar-refractivity contribution in [3.8, 4) is 57.5 Å². The fourth-order valence-electron chi connectivity index (χ4n) is 14.2. The molecule has 0 amide bonds. The van der Waals surface area contributed by atoms with Gasteiger partial charge in [-0.15, -0.1) is 0 Å². The third-order valence-electron chi connectivity index (χ3n) is 20.1. The summed E-state index contributed by atoms with van der Waals surface area (Å²) in [5.74, 6) is 3.13. The third-order valence-corrected chi connectivity index (χ3v) is 20.1. The van der Waals surface area contributed by atoms with E-state index in [-0.39, 0.29) is 113 Å². The summed E-state index contributed by atoms with van der Waals surface area (Å²) < 4.78 is 85.7. The molecule has 14 aromatic carbocycles. The molecule has 0 spiro atoms. The van der Waals surface area contributed by atoms with Crippen LogP contribution in [0.5, 0.6) is 57.5 Å². The number of carbonyl (C=O) groups excluding carboxylic acids is 1. The van der Waals surface area contributed by atoms with Crippen molar-refractivity contribution < 1.29 is 61.6 Å². The van der Waals surface area contributed by atoms with Crippen molar-refractivity contribution in [3.63, 3.8) is 0 Å². The highest BCUT2D eigenvalue weighted by Gasteiger charge is 2.44. The number of benzene rings is 14. The van der Waals surface area contributed by atoms with Gasteiger partial charge in [0.25, 0.3) is 0 Å². The van der Waals surface area contributed by atoms with Crippen LogP contribution in [0.3, 0.4) is 0 Å². The predicted octanol–water partition coefficient (Wildman–Crippen LogP) is 22.1. The molecule has 0 radical (unpaired) electrons.